The highest BCUT2D eigenvalue weighted by Crippen LogP contribution is 2.26. The van der Waals surface area contributed by atoms with Crippen LogP contribution in [0.4, 0.5) is 11.4 Å². The summed E-state index contributed by atoms with van der Waals surface area (Å²) in [5.74, 6) is 3.34. The lowest BCUT2D eigenvalue weighted by atomic mass is 10.1. The zero-order valence-corrected chi connectivity index (χ0v) is 22.6. The number of rotatable bonds is 13. The zero-order valence-electron chi connectivity index (χ0n) is 22.6. The molecule has 0 spiro atoms. The van der Waals surface area contributed by atoms with Crippen LogP contribution >= 0.6 is 0 Å². The van der Waals surface area contributed by atoms with E-state index in [1.54, 1.807) is 14.2 Å². The van der Waals surface area contributed by atoms with Gasteiger partial charge in [0, 0.05) is 44.6 Å². The van der Waals surface area contributed by atoms with Crippen molar-refractivity contribution in [1.29, 1.82) is 0 Å². The van der Waals surface area contributed by atoms with Crippen LogP contribution in [-0.2, 0) is 13.1 Å². The van der Waals surface area contributed by atoms with E-state index >= 15 is 0 Å². The minimum absolute atomic E-state index is 0.461. The minimum atomic E-state index is 0.461. The van der Waals surface area contributed by atoms with E-state index in [1.807, 2.05) is 68.7 Å². The Hall–Kier alpha value is -4.32. The van der Waals surface area contributed by atoms with E-state index in [4.69, 9.17) is 18.9 Å². The third-order valence-electron chi connectivity index (χ3n) is 6.17. The molecule has 0 N–H and O–H groups in total. The van der Waals surface area contributed by atoms with E-state index in [2.05, 4.69) is 52.3 Å². The Balaban J connectivity index is 1.41. The molecule has 0 saturated heterocycles. The fraction of sp³-hybridized carbons (Fsp3) is 0.250. The highest BCUT2D eigenvalue weighted by atomic mass is 16.5. The largest absolute Gasteiger partial charge is 0.497 e. The van der Waals surface area contributed by atoms with E-state index in [0.29, 0.717) is 13.2 Å². The van der Waals surface area contributed by atoms with Gasteiger partial charge in [0.1, 0.15) is 36.2 Å². The highest BCUT2D eigenvalue weighted by molar-refractivity contribution is 5.51. The van der Waals surface area contributed by atoms with E-state index < -0.39 is 0 Å². The van der Waals surface area contributed by atoms with Crippen LogP contribution in [0.1, 0.15) is 11.1 Å². The first-order valence-corrected chi connectivity index (χ1v) is 12.7. The molecule has 4 aromatic rings. The predicted octanol–water partition coefficient (Wildman–Crippen LogP) is 6.43. The summed E-state index contributed by atoms with van der Waals surface area (Å²) in [6.45, 7) is 2.39. The molecule has 0 aliphatic heterocycles. The van der Waals surface area contributed by atoms with Crippen molar-refractivity contribution in [2.45, 2.75) is 13.1 Å². The van der Waals surface area contributed by atoms with Crippen LogP contribution in [0.2, 0.25) is 0 Å². The van der Waals surface area contributed by atoms with Gasteiger partial charge in [0.05, 0.1) is 14.2 Å². The van der Waals surface area contributed by atoms with Crippen molar-refractivity contribution >= 4 is 11.4 Å². The van der Waals surface area contributed by atoms with E-state index in [-0.39, 0.29) is 0 Å². The molecule has 0 heterocycles. The first kappa shape index (κ1) is 26.7. The second-order valence-corrected chi connectivity index (χ2v) is 9.14. The van der Waals surface area contributed by atoms with Gasteiger partial charge in [-0.1, -0.05) is 30.3 Å². The van der Waals surface area contributed by atoms with Crippen LogP contribution in [0, 0.1) is 0 Å². The normalized spacial score (nSPS) is 10.5. The third-order valence-corrected chi connectivity index (χ3v) is 6.17. The predicted molar refractivity (Wildman–Crippen MR) is 154 cm³/mol. The Morgan fingerprint density at radius 2 is 1.05 bits per heavy atom. The van der Waals surface area contributed by atoms with Gasteiger partial charge in [0.15, 0.2) is 0 Å². The molecular weight excluding hydrogens is 476 g/mol. The van der Waals surface area contributed by atoms with E-state index in [0.717, 1.165) is 47.5 Å². The Labute approximate surface area is 225 Å². The maximum absolute atomic E-state index is 5.95. The van der Waals surface area contributed by atoms with Gasteiger partial charge in [-0.05, 0) is 71.8 Å². The Morgan fingerprint density at radius 3 is 1.61 bits per heavy atom. The topological polar surface area (TPSA) is 43.4 Å². The van der Waals surface area contributed by atoms with Crippen LogP contribution in [0.25, 0.3) is 0 Å². The van der Waals surface area contributed by atoms with Crippen molar-refractivity contribution in [3.05, 3.63) is 108 Å². The molecule has 0 bridgehead atoms. The Kier molecular flexibility index (Phi) is 9.35. The standard InChI is InChI=1S/C32H36N2O4/c1-33(2)28-10-7-13-32(22-28)38-19-18-37-29-16-14-27(15-17-29)34(23-25-8-5-11-30(20-25)35-3)24-26-9-6-12-31(21-26)36-4/h5-17,20-22H,18-19,23-24H2,1-4H3. The lowest BCUT2D eigenvalue weighted by Crippen LogP contribution is -2.22. The van der Waals surface area contributed by atoms with Crippen molar-refractivity contribution in [2.24, 2.45) is 0 Å². The fourth-order valence-corrected chi connectivity index (χ4v) is 4.14. The van der Waals surface area contributed by atoms with Crippen LogP contribution < -0.4 is 28.7 Å². The summed E-state index contributed by atoms with van der Waals surface area (Å²) in [4.78, 5) is 4.38. The summed E-state index contributed by atoms with van der Waals surface area (Å²) < 4.78 is 22.7. The monoisotopic (exact) mass is 512 g/mol. The molecule has 6 heteroatoms. The molecule has 0 aromatic heterocycles. The molecular formula is C32H36N2O4. The van der Waals surface area contributed by atoms with Gasteiger partial charge < -0.3 is 28.7 Å². The number of nitrogens with zero attached hydrogens (tertiary/aromatic N) is 2. The number of benzene rings is 4. The van der Waals surface area contributed by atoms with Gasteiger partial charge in [-0.2, -0.15) is 0 Å². The molecule has 4 aromatic carbocycles. The van der Waals surface area contributed by atoms with Crippen molar-refractivity contribution in [3.8, 4) is 23.0 Å². The summed E-state index contributed by atoms with van der Waals surface area (Å²) in [5.41, 5.74) is 4.54. The average molecular weight is 513 g/mol. The second kappa shape index (κ2) is 13.3. The van der Waals surface area contributed by atoms with Gasteiger partial charge in [0.2, 0.25) is 0 Å². The Morgan fingerprint density at radius 1 is 0.526 bits per heavy atom. The lowest BCUT2D eigenvalue weighted by molar-refractivity contribution is 0.217. The molecule has 38 heavy (non-hydrogen) atoms. The summed E-state index contributed by atoms with van der Waals surface area (Å²) in [5, 5.41) is 0. The van der Waals surface area contributed by atoms with Crippen molar-refractivity contribution in [1.82, 2.24) is 0 Å². The summed E-state index contributed by atoms with van der Waals surface area (Å²) in [7, 11) is 7.41. The third kappa shape index (κ3) is 7.59. The quantitative estimate of drug-likeness (QED) is 0.192. The number of hydrogen-bond acceptors (Lipinski definition) is 6. The van der Waals surface area contributed by atoms with Gasteiger partial charge in [-0.3, -0.25) is 0 Å². The molecule has 0 radical (unpaired) electrons. The van der Waals surface area contributed by atoms with E-state index in [9.17, 15) is 0 Å². The molecule has 198 valence electrons. The van der Waals surface area contributed by atoms with Crippen molar-refractivity contribution < 1.29 is 18.9 Å². The minimum Gasteiger partial charge on any atom is -0.497 e. The van der Waals surface area contributed by atoms with E-state index in [1.165, 1.54) is 11.1 Å². The number of ether oxygens (including phenoxy) is 4. The number of methoxy groups -OCH3 is 2. The van der Waals surface area contributed by atoms with Crippen LogP contribution in [0.15, 0.2) is 97.1 Å². The molecule has 0 aliphatic carbocycles. The summed E-state index contributed by atoms with van der Waals surface area (Å²) >= 11 is 0. The highest BCUT2D eigenvalue weighted by Gasteiger charge is 2.11. The van der Waals surface area contributed by atoms with Crippen molar-refractivity contribution in [3.63, 3.8) is 0 Å². The smallest absolute Gasteiger partial charge is 0.122 e. The summed E-state index contributed by atoms with van der Waals surface area (Å²) in [6.07, 6.45) is 0. The molecule has 4 rings (SSSR count). The van der Waals surface area contributed by atoms with Crippen LogP contribution in [0.5, 0.6) is 23.0 Å². The molecule has 0 atom stereocenters. The number of hydrogen-bond donors (Lipinski definition) is 0. The second-order valence-electron chi connectivity index (χ2n) is 9.14. The zero-order chi connectivity index (χ0) is 26.7. The molecule has 0 fully saturated rings. The Bertz CT molecular complexity index is 1240. The van der Waals surface area contributed by atoms with Gasteiger partial charge in [0.25, 0.3) is 0 Å². The maximum atomic E-state index is 5.95. The molecule has 0 saturated carbocycles. The molecule has 6 nitrogen and oxygen atoms in total. The molecule has 0 unspecified atom stereocenters. The lowest BCUT2D eigenvalue weighted by Gasteiger charge is -2.26. The SMILES string of the molecule is COc1cccc(CN(Cc2cccc(OC)c2)c2ccc(OCCOc3cccc(N(C)C)c3)cc2)c1. The molecule has 0 aliphatic rings. The van der Waals surface area contributed by atoms with Gasteiger partial charge in [-0.25, -0.2) is 0 Å². The average Bonchev–Trinajstić information content (AvgIpc) is 2.95. The molecule has 0 amide bonds. The van der Waals surface area contributed by atoms with Gasteiger partial charge >= 0.3 is 0 Å². The van der Waals surface area contributed by atoms with Crippen molar-refractivity contribution in [2.75, 3.05) is 51.3 Å². The summed E-state index contributed by atoms with van der Waals surface area (Å²) in [6, 6.07) is 32.6. The fourth-order valence-electron chi connectivity index (χ4n) is 4.14. The maximum Gasteiger partial charge on any atom is 0.122 e. The van der Waals surface area contributed by atoms with Gasteiger partial charge in [-0.15, -0.1) is 0 Å². The first-order chi connectivity index (χ1) is 18.5. The van der Waals surface area contributed by atoms with Crippen LogP contribution in [0.3, 0.4) is 0 Å². The van der Waals surface area contributed by atoms with Crippen LogP contribution in [-0.4, -0.2) is 41.5 Å². The first-order valence-electron chi connectivity index (χ1n) is 12.7. The number of anilines is 2.